The zero-order valence-electron chi connectivity index (χ0n) is 13.3. The van der Waals surface area contributed by atoms with Crippen LogP contribution in [0.2, 0.25) is 0 Å². The second-order valence-electron chi connectivity index (χ2n) is 4.73. The van der Waals surface area contributed by atoms with E-state index in [1.165, 1.54) is 0 Å². The second kappa shape index (κ2) is 8.21. The van der Waals surface area contributed by atoms with E-state index in [1.807, 2.05) is 37.7 Å². The van der Waals surface area contributed by atoms with E-state index in [1.54, 1.807) is 0 Å². The molecule has 13 heteroatoms. The smallest absolute Gasteiger partial charge is 0.344 e. The van der Waals surface area contributed by atoms with Gasteiger partial charge in [0.05, 0.1) is 60.8 Å². The van der Waals surface area contributed by atoms with Crippen LogP contribution in [0.4, 0.5) is 17.1 Å². The van der Waals surface area contributed by atoms with E-state index < -0.39 is 37.6 Å². The van der Waals surface area contributed by atoms with Gasteiger partial charge in [-0.3, -0.25) is 45.6 Å². The minimum Gasteiger partial charge on any atom is -0.863 e. The number of guanidine groups is 1. The van der Waals surface area contributed by atoms with Gasteiger partial charge in [0, 0.05) is 0 Å². The second-order valence-corrected chi connectivity index (χ2v) is 4.73. The Bertz CT molecular complexity index is 661. The third-order valence-electron chi connectivity index (χ3n) is 2.56. The van der Waals surface area contributed by atoms with Gasteiger partial charge in [0.25, 0.3) is 17.1 Å². The van der Waals surface area contributed by atoms with Gasteiger partial charge in [-0.2, -0.15) is 0 Å². The number of nitro benzene ring substituents is 3. The molecule has 0 unspecified atom stereocenters. The largest absolute Gasteiger partial charge is 0.863 e. The summed E-state index contributed by atoms with van der Waals surface area (Å²) < 4.78 is 1.86. The highest BCUT2D eigenvalue weighted by Crippen LogP contribution is 2.36. The Morgan fingerprint density at radius 2 is 1.33 bits per heavy atom. The van der Waals surface area contributed by atoms with Crippen LogP contribution < -0.4 is 10.8 Å². The summed E-state index contributed by atoms with van der Waals surface area (Å²) >= 11 is 0. The van der Waals surface area contributed by atoms with Crippen LogP contribution in [-0.4, -0.2) is 58.4 Å². The molecule has 1 rings (SSSR count). The van der Waals surface area contributed by atoms with Crippen molar-refractivity contribution in [1.82, 2.24) is 4.90 Å². The van der Waals surface area contributed by atoms with E-state index in [2.05, 4.69) is 0 Å². The lowest BCUT2D eigenvalue weighted by Crippen LogP contribution is -2.36. The molecule has 13 nitrogen and oxygen atoms in total. The number of hydrogen-bond acceptors (Lipinski definition) is 7. The van der Waals surface area contributed by atoms with Crippen molar-refractivity contribution < 1.29 is 24.5 Å². The number of nitro groups is 3. The number of hydrogen-bond donors (Lipinski definition) is 1. The van der Waals surface area contributed by atoms with Crippen molar-refractivity contribution in [1.29, 1.82) is 0 Å². The summed E-state index contributed by atoms with van der Waals surface area (Å²) in [6, 6.07) is 0.769. The van der Waals surface area contributed by atoms with Crippen LogP contribution in [0.25, 0.3) is 0 Å². The first-order valence-electron chi connectivity index (χ1n) is 6.15. The molecule has 1 aromatic carbocycles. The molecule has 0 amide bonds. The lowest BCUT2D eigenvalue weighted by Gasteiger charge is -2.06. The molecule has 0 saturated carbocycles. The SMILES string of the molecule is CN(C)C(N)=[N+](C)C.O=[N+]([O-])c1cc([N+](=O)[O-])c([O-])c([N+](=O)[O-])c1. The maximum absolute atomic E-state index is 11.1. The highest BCUT2D eigenvalue weighted by Gasteiger charge is 2.24. The molecular formula is C11H16N6O7. The minimum atomic E-state index is -1.46. The normalized spacial score (nSPS) is 9.33. The van der Waals surface area contributed by atoms with Gasteiger partial charge in [-0.1, -0.05) is 0 Å². The average molecular weight is 344 g/mol. The molecule has 2 N–H and O–H groups in total. The molecule has 0 bridgehead atoms. The van der Waals surface area contributed by atoms with E-state index in [-0.39, 0.29) is 0 Å². The molecule has 1 aromatic rings. The Morgan fingerprint density at radius 3 is 1.50 bits per heavy atom. The molecule has 0 aliphatic rings. The first-order valence-corrected chi connectivity index (χ1v) is 6.15. The maximum atomic E-state index is 11.1. The summed E-state index contributed by atoms with van der Waals surface area (Å²) in [5.41, 5.74) is 2.26. The highest BCUT2D eigenvalue weighted by atomic mass is 16.6. The standard InChI is InChI=1S/C6H3N3O7.C5H13N3/c10-6-4(8(13)14)1-3(7(11)12)2-5(6)9(15)16;1-7(2)5(6)8(3)4/h1-2,10H;6H,1-4H3. The predicted octanol–water partition coefficient (Wildman–Crippen LogP) is -0.380. The summed E-state index contributed by atoms with van der Waals surface area (Å²) in [7, 11) is 7.65. The summed E-state index contributed by atoms with van der Waals surface area (Å²) in [4.78, 5) is 29.4. The highest BCUT2D eigenvalue weighted by molar-refractivity contribution is 5.72. The molecule has 0 aliphatic heterocycles. The molecule has 0 heterocycles. The molecular weight excluding hydrogens is 328 g/mol. The molecule has 132 valence electrons. The zero-order valence-corrected chi connectivity index (χ0v) is 13.3. The van der Waals surface area contributed by atoms with Gasteiger partial charge in [0.2, 0.25) is 0 Å². The van der Waals surface area contributed by atoms with Crippen molar-refractivity contribution >= 4 is 23.0 Å². The van der Waals surface area contributed by atoms with Crippen molar-refractivity contribution in [3.05, 3.63) is 42.5 Å². The topological polar surface area (TPSA) is 185 Å². The fraction of sp³-hybridized carbons (Fsp3) is 0.364. The Hall–Kier alpha value is -3.51. The number of nitrogens with zero attached hydrogens (tertiary/aromatic N) is 5. The Kier molecular flexibility index (Phi) is 7.01. The van der Waals surface area contributed by atoms with Crippen LogP contribution in [0, 0.1) is 30.3 Å². The van der Waals surface area contributed by atoms with Crippen LogP contribution in [-0.2, 0) is 0 Å². The minimum absolute atomic E-state index is 0.384. The Labute approximate surface area is 135 Å². The Balaban J connectivity index is 0.000000561. The van der Waals surface area contributed by atoms with E-state index >= 15 is 0 Å². The van der Waals surface area contributed by atoms with Crippen molar-refractivity contribution in [3.8, 4) is 5.75 Å². The van der Waals surface area contributed by atoms with Gasteiger partial charge in [0.1, 0.15) is 0 Å². The van der Waals surface area contributed by atoms with Crippen molar-refractivity contribution in [2.24, 2.45) is 5.73 Å². The number of nitrogens with two attached hydrogens (primary N) is 1. The third-order valence-corrected chi connectivity index (χ3v) is 2.56. The van der Waals surface area contributed by atoms with Crippen LogP contribution in [0.5, 0.6) is 5.75 Å². The quantitative estimate of drug-likeness (QED) is 0.251. The van der Waals surface area contributed by atoms with Gasteiger partial charge in [-0.05, 0) is 0 Å². The molecule has 0 radical (unpaired) electrons. The fourth-order valence-electron chi connectivity index (χ4n) is 1.36. The first-order chi connectivity index (χ1) is 10.9. The summed E-state index contributed by atoms with van der Waals surface area (Å²) in [6.45, 7) is 0. The van der Waals surface area contributed by atoms with E-state index in [9.17, 15) is 35.4 Å². The molecule has 0 atom stereocenters. The lowest BCUT2D eigenvalue weighted by atomic mass is 10.2. The predicted molar refractivity (Wildman–Crippen MR) is 80.8 cm³/mol. The van der Waals surface area contributed by atoms with Gasteiger partial charge in [-0.15, -0.1) is 0 Å². The van der Waals surface area contributed by atoms with Crippen LogP contribution >= 0.6 is 0 Å². The molecule has 0 spiro atoms. The molecule has 0 aromatic heterocycles. The maximum Gasteiger partial charge on any atom is 0.344 e. The molecule has 0 saturated heterocycles. The zero-order chi connectivity index (χ0) is 19.2. The van der Waals surface area contributed by atoms with E-state index in [4.69, 9.17) is 5.73 Å². The van der Waals surface area contributed by atoms with E-state index in [0.29, 0.717) is 12.1 Å². The summed E-state index contributed by atoms with van der Waals surface area (Å²) in [5.74, 6) is -0.689. The van der Waals surface area contributed by atoms with Crippen molar-refractivity contribution in [2.75, 3.05) is 28.2 Å². The van der Waals surface area contributed by atoms with Crippen LogP contribution in [0.15, 0.2) is 12.1 Å². The van der Waals surface area contributed by atoms with Gasteiger partial charge in [0.15, 0.2) is 0 Å². The number of benzene rings is 1. The van der Waals surface area contributed by atoms with Gasteiger partial charge >= 0.3 is 5.96 Å². The molecule has 0 aliphatic carbocycles. The number of rotatable bonds is 3. The third kappa shape index (κ3) is 5.36. The lowest BCUT2D eigenvalue weighted by molar-refractivity contribution is -0.470. The summed E-state index contributed by atoms with van der Waals surface area (Å²) in [6.07, 6.45) is 0. The average Bonchev–Trinajstić information content (AvgIpc) is 2.45. The molecule has 24 heavy (non-hydrogen) atoms. The number of non-ortho nitro benzene ring substituents is 1. The van der Waals surface area contributed by atoms with Crippen molar-refractivity contribution in [3.63, 3.8) is 0 Å². The first kappa shape index (κ1) is 20.5. The van der Waals surface area contributed by atoms with Gasteiger partial charge in [-0.25, -0.2) is 0 Å². The van der Waals surface area contributed by atoms with Crippen LogP contribution in [0.1, 0.15) is 0 Å². The monoisotopic (exact) mass is 344 g/mol. The molecule has 0 fully saturated rings. The summed E-state index contributed by atoms with van der Waals surface area (Å²) in [5, 5.41) is 42.1. The fourth-order valence-corrected chi connectivity index (χ4v) is 1.36. The van der Waals surface area contributed by atoms with Crippen LogP contribution in [0.3, 0.4) is 0 Å². The van der Waals surface area contributed by atoms with Crippen molar-refractivity contribution in [2.45, 2.75) is 0 Å². The Morgan fingerprint density at radius 1 is 0.958 bits per heavy atom. The van der Waals surface area contributed by atoms with Gasteiger partial charge < -0.3 is 5.11 Å². The van der Waals surface area contributed by atoms with E-state index in [0.717, 1.165) is 5.96 Å².